The molecule has 0 bridgehead atoms. The fraction of sp³-hybridized carbons (Fsp3) is 0.895. The predicted octanol–water partition coefficient (Wildman–Crippen LogP) is 0.388. The Hall–Kier alpha value is -0.650. The number of piperazine rings is 1. The van der Waals surface area contributed by atoms with Gasteiger partial charge in [-0.1, -0.05) is 13.8 Å². The normalized spacial score (nSPS) is 18.9. The highest BCUT2D eigenvalue weighted by atomic mass is 127. The number of nitrogens with zero attached hydrogens (tertiary/aromatic N) is 5. The van der Waals surface area contributed by atoms with Gasteiger partial charge < -0.3 is 24.8 Å². The van der Waals surface area contributed by atoms with Crippen molar-refractivity contribution < 1.29 is 9.53 Å². The molecule has 1 amide bonds. The summed E-state index contributed by atoms with van der Waals surface area (Å²) in [6.45, 7) is 15.5. The number of nitrogens with one attached hydrogen (secondary N) is 1. The van der Waals surface area contributed by atoms with E-state index in [2.05, 4.69) is 38.9 Å². The van der Waals surface area contributed by atoms with Crippen molar-refractivity contribution >= 4 is 35.8 Å². The van der Waals surface area contributed by atoms with Crippen LogP contribution in [0.1, 0.15) is 20.3 Å². The van der Waals surface area contributed by atoms with Crippen LogP contribution in [0.5, 0.6) is 0 Å². The predicted molar refractivity (Wildman–Crippen MR) is 125 cm³/mol. The summed E-state index contributed by atoms with van der Waals surface area (Å²) in [5.74, 6) is 1.20. The summed E-state index contributed by atoms with van der Waals surface area (Å²) in [6.07, 6.45) is 1.19. The van der Waals surface area contributed by atoms with E-state index >= 15 is 0 Å². The van der Waals surface area contributed by atoms with E-state index in [4.69, 9.17) is 4.74 Å². The molecule has 2 aliphatic heterocycles. The standard InChI is InChI=1S/C19H38N6O2.HI/c1-4-7-22(5-2)8-6-21-19(20-3)25-11-9-23(10-12-25)17-18(26)24-13-15-27-16-14-24;/h4-17H2,1-3H3,(H,20,21);1H. The minimum Gasteiger partial charge on any atom is -0.378 e. The maximum absolute atomic E-state index is 12.4. The molecular formula is C19H39IN6O2. The molecule has 2 saturated heterocycles. The highest BCUT2D eigenvalue weighted by Crippen LogP contribution is 2.05. The second-order valence-electron chi connectivity index (χ2n) is 7.16. The maximum Gasteiger partial charge on any atom is 0.236 e. The molecule has 0 aromatic carbocycles. The second kappa shape index (κ2) is 14.4. The SMILES string of the molecule is CCCN(CC)CCNC(=NC)N1CCN(CC(=O)N2CCOCC2)CC1.I. The third-order valence-corrected chi connectivity index (χ3v) is 5.30. The van der Waals surface area contributed by atoms with Crippen LogP contribution >= 0.6 is 24.0 Å². The summed E-state index contributed by atoms with van der Waals surface area (Å²) in [4.78, 5) is 25.8. The smallest absolute Gasteiger partial charge is 0.236 e. The first kappa shape index (κ1) is 25.4. The molecule has 164 valence electrons. The number of carbonyl (C=O) groups excluding carboxylic acids is 1. The molecule has 28 heavy (non-hydrogen) atoms. The zero-order valence-electron chi connectivity index (χ0n) is 17.9. The number of ether oxygens (including phenoxy) is 1. The zero-order valence-corrected chi connectivity index (χ0v) is 20.2. The van der Waals surface area contributed by atoms with Crippen molar-refractivity contribution in [1.29, 1.82) is 0 Å². The molecule has 0 saturated carbocycles. The first-order valence-electron chi connectivity index (χ1n) is 10.4. The maximum atomic E-state index is 12.4. The second-order valence-corrected chi connectivity index (χ2v) is 7.16. The summed E-state index contributed by atoms with van der Waals surface area (Å²) in [7, 11) is 1.85. The van der Waals surface area contributed by atoms with Crippen LogP contribution < -0.4 is 5.32 Å². The van der Waals surface area contributed by atoms with Gasteiger partial charge in [0.15, 0.2) is 5.96 Å². The van der Waals surface area contributed by atoms with Crippen LogP contribution in [0.4, 0.5) is 0 Å². The quantitative estimate of drug-likeness (QED) is 0.290. The van der Waals surface area contributed by atoms with Crippen molar-refractivity contribution in [3.63, 3.8) is 0 Å². The van der Waals surface area contributed by atoms with Crippen LogP contribution in [0.15, 0.2) is 4.99 Å². The molecule has 1 N–H and O–H groups in total. The highest BCUT2D eigenvalue weighted by Gasteiger charge is 2.24. The Kier molecular flexibility index (Phi) is 13.0. The number of hydrogen-bond donors (Lipinski definition) is 1. The third kappa shape index (κ3) is 8.38. The summed E-state index contributed by atoms with van der Waals surface area (Å²) < 4.78 is 5.32. The Bertz CT molecular complexity index is 465. The van der Waals surface area contributed by atoms with E-state index in [1.165, 1.54) is 6.42 Å². The molecule has 8 nitrogen and oxygen atoms in total. The number of rotatable bonds is 8. The van der Waals surface area contributed by atoms with Gasteiger partial charge in [-0.2, -0.15) is 0 Å². The number of amides is 1. The lowest BCUT2D eigenvalue weighted by Crippen LogP contribution is -2.55. The molecule has 0 radical (unpaired) electrons. The number of hydrogen-bond acceptors (Lipinski definition) is 5. The van der Waals surface area contributed by atoms with Crippen molar-refractivity contribution in [1.82, 2.24) is 24.9 Å². The third-order valence-electron chi connectivity index (χ3n) is 5.30. The molecule has 0 aromatic heterocycles. The van der Waals surface area contributed by atoms with Gasteiger partial charge in [0.1, 0.15) is 0 Å². The van der Waals surface area contributed by atoms with Crippen molar-refractivity contribution in [2.75, 3.05) is 92.3 Å². The minimum atomic E-state index is 0. The van der Waals surface area contributed by atoms with Gasteiger partial charge in [0.2, 0.25) is 5.91 Å². The minimum absolute atomic E-state index is 0. The van der Waals surface area contributed by atoms with E-state index < -0.39 is 0 Å². The van der Waals surface area contributed by atoms with Crippen molar-refractivity contribution in [2.24, 2.45) is 4.99 Å². The van der Waals surface area contributed by atoms with Gasteiger partial charge in [0.25, 0.3) is 0 Å². The number of guanidine groups is 1. The molecule has 2 rings (SSSR count). The summed E-state index contributed by atoms with van der Waals surface area (Å²) in [5, 5.41) is 3.50. The van der Waals surface area contributed by atoms with E-state index in [0.29, 0.717) is 19.8 Å². The average molecular weight is 510 g/mol. The van der Waals surface area contributed by atoms with Crippen LogP contribution in [0, 0.1) is 0 Å². The molecule has 2 heterocycles. The van der Waals surface area contributed by atoms with E-state index in [1.54, 1.807) is 0 Å². The number of morpholine rings is 1. The lowest BCUT2D eigenvalue weighted by Gasteiger charge is -2.37. The molecule has 2 fully saturated rings. The molecule has 9 heteroatoms. The van der Waals surface area contributed by atoms with Crippen LogP contribution in [0.3, 0.4) is 0 Å². The van der Waals surface area contributed by atoms with E-state index in [1.807, 2.05) is 11.9 Å². The number of halogens is 1. The highest BCUT2D eigenvalue weighted by molar-refractivity contribution is 14.0. The largest absolute Gasteiger partial charge is 0.378 e. The Balaban J connectivity index is 0.00000392. The van der Waals surface area contributed by atoms with Gasteiger partial charge in [0.05, 0.1) is 19.8 Å². The van der Waals surface area contributed by atoms with Crippen LogP contribution in [-0.4, -0.2) is 124 Å². The van der Waals surface area contributed by atoms with Crippen molar-refractivity contribution in [3.8, 4) is 0 Å². The summed E-state index contributed by atoms with van der Waals surface area (Å²) >= 11 is 0. The summed E-state index contributed by atoms with van der Waals surface area (Å²) in [5.41, 5.74) is 0. The topological polar surface area (TPSA) is 63.7 Å². The molecule has 0 unspecified atom stereocenters. The van der Waals surface area contributed by atoms with Gasteiger partial charge >= 0.3 is 0 Å². The molecule has 0 aliphatic carbocycles. The first-order valence-corrected chi connectivity index (χ1v) is 10.4. The lowest BCUT2D eigenvalue weighted by molar-refractivity contribution is -0.136. The summed E-state index contributed by atoms with van der Waals surface area (Å²) in [6, 6.07) is 0. The van der Waals surface area contributed by atoms with Gasteiger partial charge in [-0.05, 0) is 19.5 Å². The number of aliphatic imine (C=N–C) groups is 1. The van der Waals surface area contributed by atoms with E-state index in [9.17, 15) is 4.79 Å². The van der Waals surface area contributed by atoms with Gasteiger partial charge in [-0.25, -0.2) is 0 Å². The average Bonchev–Trinajstić information content (AvgIpc) is 2.72. The van der Waals surface area contributed by atoms with Crippen LogP contribution in [0.25, 0.3) is 0 Å². The zero-order chi connectivity index (χ0) is 19.5. The van der Waals surface area contributed by atoms with Gasteiger partial charge in [-0.3, -0.25) is 14.7 Å². The van der Waals surface area contributed by atoms with Crippen molar-refractivity contribution in [3.05, 3.63) is 0 Å². The Labute approximate surface area is 187 Å². The molecular weight excluding hydrogens is 471 g/mol. The fourth-order valence-corrected chi connectivity index (χ4v) is 3.62. The monoisotopic (exact) mass is 510 g/mol. The Morgan fingerprint density at radius 1 is 1.04 bits per heavy atom. The van der Waals surface area contributed by atoms with Gasteiger partial charge in [0, 0.05) is 59.4 Å². The van der Waals surface area contributed by atoms with E-state index in [0.717, 1.165) is 71.4 Å². The first-order chi connectivity index (χ1) is 13.2. The van der Waals surface area contributed by atoms with Crippen molar-refractivity contribution in [2.45, 2.75) is 20.3 Å². The lowest BCUT2D eigenvalue weighted by atomic mass is 10.3. The van der Waals surface area contributed by atoms with Crippen LogP contribution in [-0.2, 0) is 9.53 Å². The Morgan fingerprint density at radius 3 is 2.29 bits per heavy atom. The molecule has 0 atom stereocenters. The molecule has 0 aromatic rings. The number of likely N-dealkylation sites (N-methyl/N-ethyl adjacent to an activating group) is 1. The molecule has 0 spiro atoms. The van der Waals surface area contributed by atoms with E-state index in [-0.39, 0.29) is 29.9 Å². The molecule has 2 aliphatic rings. The van der Waals surface area contributed by atoms with Crippen LogP contribution in [0.2, 0.25) is 0 Å². The number of carbonyl (C=O) groups is 1. The fourth-order valence-electron chi connectivity index (χ4n) is 3.62. The van der Waals surface area contributed by atoms with Gasteiger partial charge in [-0.15, -0.1) is 24.0 Å². The Morgan fingerprint density at radius 2 is 1.71 bits per heavy atom.